The number of aromatic nitrogens is 3. The predicted molar refractivity (Wildman–Crippen MR) is 99.9 cm³/mol. The molecule has 1 aromatic rings. The van der Waals surface area contributed by atoms with Gasteiger partial charge in [-0.15, -0.1) is 10.2 Å². The summed E-state index contributed by atoms with van der Waals surface area (Å²) in [6.45, 7) is 13.7. The van der Waals surface area contributed by atoms with E-state index < -0.39 is 0 Å². The zero-order chi connectivity index (χ0) is 17.9. The summed E-state index contributed by atoms with van der Waals surface area (Å²) < 4.78 is 7.46. The lowest BCUT2D eigenvalue weighted by atomic mass is 10.3. The Kier molecular flexibility index (Phi) is 8.68. The minimum absolute atomic E-state index is 0.353. The van der Waals surface area contributed by atoms with Gasteiger partial charge < -0.3 is 19.9 Å². The number of guanidine groups is 1. The fraction of sp³-hybridized carbons (Fsp3) is 0.824. The Hall–Kier alpha value is -1.67. The first-order valence-electron chi connectivity index (χ1n) is 9.40. The summed E-state index contributed by atoms with van der Waals surface area (Å²) in [5.74, 6) is 1.89. The highest BCUT2D eigenvalue weighted by molar-refractivity contribution is 5.79. The molecule has 0 bridgehead atoms. The first-order chi connectivity index (χ1) is 12.2. The van der Waals surface area contributed by atoms with Crippen LogP contribution in [-0.4, -0.2) is 77.6 Å². The van der Waals surface area contributed by atoms with E-state index in [9.17, 15) is 0 Å². The van der Waals surface area contributed by atoms with Gasteiger partial charge in [-0.1, -0.05) is 6.92 Å². The molecule has 0 amide bonds. The number of hydrogen-bond acceptors (Lipinski definition) is 5. The molecule has 1 aromatic heterocycles. The van der Waals surface area contributed by atoms with Crippen molar-refractivity contribution in [2.24, 2.45) is 4.99 Å². The lowest BCUT2D eigenvalue weighted by Gasteiger charge is -2.26. The molecular weight excluding hydrogens is 318 g/mol. The lowest BCUT2D eigenvalue weighted by Crippen LogP contribution is -2.42. The van der Waals surface area contributed by atoms with Crippen molar-refractivity contribution in [2.45, 2.75) is 46.2 Å². The molecule has 1 aliphatic heterocycles. The first kappa shape index (κ1) is 19.7. The lowest BCUT2D eigenvalue weighted by molar-refractivity contribution is 0.0377. The second-order valence-corrected chi connectivity index (χ2v) is 6.56. The van der Waals surface area contributed by atoms with Gasteiger partial charge in [0.1, 0.15) is 12.2 Å². The molecule has 142 valence electrons. The molecule has 1 fully saturated rings. The van der Waals surface area contributed by atoms with Crippen LogP contribution in [0, 0.1) is 0 Å². The maximum absolute atomic E-state index is 5.38. The van der Waals surface area contributed by atoms with E-state index >= 15 is 0 Å². The second-order valence-electron chi connectivity index (χ2n) is 6.56. The Morgan fingerprint density at radius 1 is 1.32 bits per heavy atom. The van der Waals surface area contributed by atoms with Gasteiger partial charge in [-0.2, -0.15) is 0 Å². The van der Waals surface area contributed by atoms with Gasteiger partial charge in [0.05, 0.1) is 13.2 Å². The zero-order valence-electron chi connectivity index (χ0n) is 15.9. The molecule has 0 spiro atoms. The molecule has 0 atom stereocenters. The minimum Gasteiger partial charge on any atom is -0.379 e. The summed E-state index contributed by atoms with van der Waals surface area (Å²) >= 11 is 0. The number of ether oxygens (including phenoxy) is 1. The van der Waals surface area contributed by atoms with Gasteiger partial charge in [0.15, 0.2) is 5.96 Å². The third-order valence-corrected chi connectivity index (χ3v) is 4.09. The molecule has 8 nitrogen and oxygen atoms in total. The van der Waals surface area contributed by atoms with Gasteiger partial charge in [0, 0.05) is 51.7 Å². The Bertz CT molecular complexity index is 509. The smallest absolute Gasteiger partial charge is 0.191 e. The monoisotopic (exact) mass is 351 g/mol. The molecule has 0 aromatic carbocycles. The van der Waals surface area contributed by atoms with Crippen LogP contribution in [0.5, 0.6) is 0 Å². The van der Waals surface area contributed by atoms with E-state index in [4.69, 9.17) is 9.73 Å². The maximum atomic E-state index is 5.38. The van der Waals surface area contributed by atoms with Gasteiger partial charge in [-0.3, -0.25) is 9.89 Å². The van der Waals surface area contributed by atoms with Gasteiger partial charge in [0.25, 0.3) is 0 Å². The third kappa shape index (κ3) is 7.39. The highest BCUT2D eigenvalue weighted by atomic mass is 16.5. The second kappa shape index (κ2) is 11.0. The summed E-state index contributed by atoms with van der Waals surface area (Å²) in [6.07, 6.45) is 3.75. The maximum Gasteiger partial charge on any atom is 0.191 e. The zero-order valence-corrected chi connectivity index (χ0v) is 15.9. The van der Waals surface area contributed by atoms with E-state index in [0.29, 0.717) is 6.04 Å². The van der Waals surface area contributed by atoms with Crippen molar-refractivity contribution in [3.8, 4) is 0 Å². The standard InChI is InChI=1S/C17H33N7O/c1-4-16-22-20-14-24(16)9-7-19-17(21-15(2)3)18-6-5-8-23-10-12-25-13-11-23/h14-15H,4-13H2,1-3H3,(H2,18,19,21). The Labute approximate surface area is 151 Å². The van der Waals surface area contributed by atoms with Crippen LogP contribution in [0.25, 0.3) is 0 Å². The fourth-order valence-electron chi connectivity index (χ4n) is 2.77. The number of nitrogens with one attached hydrogen (secondary N) is 2. The number of morpholine rings is 1. The van der Waals surface area contributed by atoms with Gasteiger partial charge >= 0.3 is 0 Å². The minimum atomic E-state index is 0.353. The molecule has 0 unspecified atom stereocenters. The molecule has 2 rings (SSSR count). The van der Waals surface area contributed by atoms with Crippen LogP contribution in [0.3, 0.4) is 0 Å². The summed E-state index contributed by atoms with van der Waals surface area (Å²) in [7, 11) is 0. The van der Waals surface area contributed by atoms with Crippen LogP contribution < -0.4 is 10.6 Å². The molecule has 8 heteroatoms. The summed E-state index contributed by atoms with van der Waals surface area (Å²) in [5, 5.41) is 14.9. The number of aryl methyl sites for hydroxylation is 1. The van der Waals surface area contributed by atoms with Crippen LogP contribution in [-0.2, 0) is 17.7 Å². The largest absolute Gasteiger partial charge is 0.379 e. The van der Waals surface area contributed by atoms with Crippen molar-refractivity contribution >= 4 is 5.96 Å². The van der Waals surface area contributed by atoms with Crippen LogP contribution in [0.1, 0.15) is 33.0 Å². The van der Waals surface area contributed by atoms with Crippen LogP contribution >= 0.6 is 0 Å². The van der Waals surface area contributed by atoms with E-state index in [-0.39, 0.29) is 0 Å². The number of hydrogen-bond donors (Lipinski definition) is 2. The summed E-state index contributed by atoms with van der Waals surface area (Å²) in [4.78, 5) is 7.15. The predicted octanol–water partition coefficient (Wildman–Crippen LogP) is 0.506. The number of aliphatic imine (C=N–C) groups is 1. The normalized spacial score (nSPS) is 16.4. The van der Waals surface area contributed by atoms with Crippen molar-refractivity contribution < 1.29 is 4.74 Å². The number of rotatable bonds is 9. The summed E-state index contributed by atoms with van der Waals surface area (Å²) in [5.41, 5.74) is 0. The molecule has 1 saturated heterocycles. The van der Waals surface area contributed by atoms with Crippen LogP contribution in [0.4, 0.5) is 0 Å². The van der Waals surface area contributed by atoms with Crippen molar-refractivity contribution in [3.05, 3.63) is 12.2 Å². The Morgan fingerprint density at radius 3 is 2.84 bits per heavy atom. The molecule has 25 heavy (non-hydrogen) atoms. The van der Waals surface area contributed by atoms with Crippen LogP contribution in [0.15, 0.2) is 11.3 Å². The summed E-state index contributed by atoms with van der Waals surface area (Å²) in [6, 6.07) is 0.353. The molecule has 2 N–H and O–H groups in total. The van der Waals surface area contributed by atoms with E-state index in [1.54, 1.807) is 6.33 Å². The highest BCUT2D eigenvalue weighted by Gasteiger charge is 2.09. The van der Waals surface area contributed by atoms with E-state index in [1.165, 1.54) is 0 Å². The third-order valence-electron chi connectivity index (χ3n) is 4.09. The molecule has 1 aliphatic rings. The molecular formula is C17H33N7O. The fourth-order valence-corrected chi connectivity index (χ4v) is 2.77. The van der Waals surface area contributed by atoms with E-state index in [1.807, 2.05) is 0 Å². The molecule has 0 saturated carbocycles. The molecule has 0 aliphatic carbocycles. The van der Waals surface area contributed by atoms with E-state index in [2.05, 4.69) is 51.1 Å². The van der Waals surface area contributed by atoms with Crippen LogP contribution in [0.2, 0.25) is 0 Å². The van der Waals surface area contributed by atoms with Gasteiger partial charge in [-0.25, -0.2) is 0 Å². The average molecular weight is 351 g/mol. The van der Waals surface area contributed by atoms with Crippen molar-refractivity contribution in [1.29, 1.82) is 0 Å². The quantitative estimate of drug-likeness (QED) is 0.383. The highest BCUT2D eigenvalue weighted by Crippen LogP contribution is 1.98. The van der Waals surface area contributed by atoms with Crippen molar-refractivity contribution in [3.63, 3.8) is 0 Å². The van der Waals surface area contributed by atoms with Crippen molar-refractivity contribution in [1.82, 2.24) is 30.3 Å². The SMILES string of the molecule is CCc1nncn1CCNC(=NCCCN1CCOCC1)NC(C)C. The van der Waals surface area contributed by atoms with Gasteiger partial charge in [-0.05, 0) is 20.3 Å². The Balaban J connectivity index is 1.72. The molecule has 2 heterocycles. The van der Waals surface area contributed by atoms with Gasteiger partial charge in [0.2, 0.25) is 0 Å². The topological polar surface area (TPSA) is 79.6 Å². The van der Waals surface area contributed by atoms with Crippen molar-refractivity contribution in [2.75, 3.05) is 45.9 Å². The first-order valence-corrected chi connectivity index (χ1v) is 9.40. The van der Waals surface area contributed by atoms with E-state index in [0.717, 1.165) is 77.1 Å². The Morgan fingerprint density at radius 2 is 2.12 bits per heavy atom. The average Bonchev–Trinajstić information content (AvgIpc) is 3.06. The molecule has 0 radical (unpaired) electrons. The number of nitrogens with zero attached hydrogens (tertiary/aromatic N) is 5.